The molecule has 1 aliphatic rings. The maximum atomic E-state index is 13.0. The highest BCUT2D eigenvalue weighted by molar-refractivity contribution is 6.00. The van der Waals surface area contributed by atoms with Crippen LogP contribution in [-0.2, 0) is 9.59 Å². The average Bonchev–Trinajstić information content (AvgIpc) is 2.73. The molecule has 0 bridgehead atoms. The number of nitrogens with zero attached hydrogens (tertiary/aromatic N) is 2. The number of benzene rings is 2. The number of likely N-dealkylation sites (N-methyl/N-ethyl adjacent to an activating group) is 1. The first-order chi connectivity index (χ1) is 13.0. The molecule has 2 N–H and O–H groups in total. The molecule has 0 aromatic heterocycles. The average molecular weight is 402 g/mol. The van der Waals surface area contributed by atoms with Gasteiger partial charge in [-0.15, -0.1) is 12.4 Å². The summed E-state index contributed by atoms with van der Waals surface area (Å²) in [5.41, 5.74) is 8.12. The Balaban J connectivity index is 0.00000280. The second kappa shape index (κ2) is 9.71. The van der Waals surface area contributed by atoms with Gasteiger partial charge in [-0.05, 0) is 30.5 Å². The lowest BCUT2D eigenvalue weighted by atomic mass is 9.93. The van der Waals surface area contributed by atoms with Crippen molar-refractivity contribution in [2.75, 3.05) is 18.5 Å². The number of hydrogen-bond donors (Lipinski definition) is 1. The van der Waals surface area contributed by atoms with Crippen LogP contribution in [0, 0.1) is 5.92 Å². The van der Waals surface area contributed by atoms with Crippen LogP contribution in [0.3, 0.4) is 0 Å². The normalized spacial score (nSPS) is 18.8. The number of carbonyl (C=O) groups is 2. The summed E-state index contributed by atoms with van der Waals surface area (Å²) in [7, 11) is 1.72. The number of anilines is 1. The summed E-state index contributed by atoms with van der Waals surface area (Å²) >= 11 is 0. The van der Waals surface area contributed by atoms with E-state index in [4.69, 9.17) is 5.73 Å². The lowest BCUT2D eigenvalue weighted by molar-refractivity contribution is -0.142. The number of hydrogen-bond acceptors (Lipinski definition) is 3. The third-order valence-electron chi connectivity index (χ3n) is 5.41. The van der Waals surface area contributed by atoms with E-state index in [-0.39, 0.29) is 24.2 Å². The molecule has 0 aliphatic carbocycles. The SMILES string of the molecule is CC(C(=O)N(C)C1CCCN(c2ccccc2)C1=O)C(N)c1ccccc1.Cl. The molecule has 3 rings (SSSR count). The molecule has 0 spiro atoms. The first-order valence-electron chi connectivity index (χ1n) is 9.44. The van der Waals surface area contributed by atoms with Crippen molar-refractivity contribution in [3.05, 3.63) is 66.2 Å². The molecule has 2 aromatic rings. The lowest BCUT2D eigenvalue weighted by Crippen LogP contribution is -2.54. The highest BCUT2D eigenvalue weighted by Crippen LogP contribution is 2.26. The Hall–Kier alpha value is -2.37. The van der Waals surface area contributed by atoms with Gasteiger partial charge in [-0.2, -0.15) is 0 Å². The zero-order chi connectivity index (χ0) is 19.4. The van der Waals surface area contributed by atoms with E-state index in [9.17, 15) is 9.59 Å². The summed E-state index contributed by atoms with van der Waals surface area (Å²) in [6.07, 6.45) is 1.54. The van der Waals surface area contributed by atoms with E-state index in [1.54, 1.807) is 16.8 Å². The van der Waals surface area contributed by atoms with Crippen LogP contribution in [0.15, 0.2) is 60.7 Å². The summed E-state index contributed by atoms with van der Waals surface area (Å²) in [5.74, 6) is -0.527. The fourth-order valence-corrected chi connectivity index (χ4v) is 3.67. The van der Waals surface area contributed by atoms with Gasteiger partial charge in [-0.1, -0.05) is 55.5 Å². The van der Waals surface area contributed by atoms with Gasteiger partial charge >= 0.3 is 0 Å². The molecule has 3 atom stereocenters. The van der Waals surface area contributed by atoms with Crippen LogP contribution in [0.5, 0.6) is 0 Å². The van der Waals surface area contributed by atoms with Crippen molar-refractivity contribution in [1.82, 2.24) is 4.90 Å². The summed E-state index contributed by atoms with van der Waals surface area (Å²) in [6.45, 7) is 2.51. The smallest absolute Gasteiger partial charge is 0.249 e. The standard InChI is InChI=1S/C22H27N3O2.ClH/c1-16(20(23)17-10-5-3-6-11-17)21(26)24(2)19-14-9-15-25(22(19)27)18-12-7-4-8-13-18;/h3-8,10-13,16,19-20H,9,14-15,23H2,1-2H3;1H. The van der Waals surface area contributed by atoms with Gasteiger partial charge in [0.2, 0.25) is 11.8 Å². The lowest BCUT2D eigenvalue weighted by Gasteiger charge is -2.38. The van der Waals surface area contributed by atoms with E-state index in [1.165, 1.54) is 0 Å². The molecule has 2 amide bonds. The predicted octanol–water partition coefficient (Wildman–Crippen LogP) is 3.40. The Bertz CT molecular complexity index is 785. The Morgan fingerprint density at radius 1 is 1.11 bits per heavy atom. The topological polar surface area (TPSA) is 66.6 Å². The van der Waals surface area contributed by atoms with Crippen molar-refractivity contribution < 1.29 is 9.59 Å². The fraction of sp³-hybridized carbons (Fsp3) is 0.364. The van der Waals surface area contributed by atoms with E-state index in [1.807, 2.05) is 67.6 Å². The van der Waals surface area contributed by atoms with E-state index in [0.29, 0.717) is 13.0 Å². The highest BCUT2D eigenvalue weighted by Gasteiger charge is 2.36. The molecule has 6 heteroatoms. The largest absolute Gasteiger partial charge is 0.333 e. The Morgan fingerprint density at radius 3 is 2.29 bits per heavy atom. The van der Waals surface area contributed by atoms with Crippen LogP contribution in [0.4, 0.5) is 5.69 Å². The summed E-state index contributed by atoms with van der Waals surface area (Å²) in [6, 6.07) is 18.4. The van der Waals surface area contributed by atoms with Gasteiger partial charge in [-0.3, -0.25) is 9.59 Å². The zero-order valence-electron chi connectivity index (χ0n) is 16.3. The molecule has 0 saturated carbocycles. The van der Waals surface area contributed by atoms with E-state index >= 15 is 0 Å². The third-order valence-corrected chi connectivity index (χ3v) is 5.41. The minimum Gasteiger partial charge on any atom is -0.333 e. The molecule has 150 valence electrons. The second-order valence-electron chi connectivity index (χ2n) is 7.16. The molecule has 2 aromatic carbocycles. The Morgan fingerprint density at radius 2 is 1.68 bits per heavy atom. The fourth-order valence-electron chi connectivity index (χ4n) is 3.67. The van der Waals surface area contributed by atoms with Crippen LogP contribution >= 0.6 is 12.4 Å². The molecule has 3 unspecified atom stereocenters. The second-order valence-corrected chi connectivity index (χ2v) is 7.16. The molecule has 1 heterocycles. The van der Waals surface area contributed by atoms with E-state index in [0.717, 1.165) is 17.7 Å². The van der Waals surface area contributed by atoms with Crippen molar-refractivity contribution in [3.8, 4) is 0 Å². The molecule has 0 radical (unpaired) electrons. The van der Waals surface area contributed by atoms with Gasteiger partial charge in [0.15, 0.2) is 0 Å². The number of halogens is 1. The quantitative estimate of drug-likeness (QED) is 0.834. The number of nitrogens with two attached hydrogens (primary N) is 1. The highest BCUT2D eigenvalue weighted by atomic mass is 35.5. The molecule has 1 saturated heterocycles. The van der Waals surface area contributed by atoms with Gasteiger partial charge in [0.25, 0.3) is 0 Å². The molecule has 1 aliphatic heterocycles. The summed E-state index contributed by atoms with van der Waals surface area (Å²) < 4.78 is 0. The maximum absolute atomic E-state index is 13.0. The van der Waals surface area contributed by atoms with E-state index < -0.39 is 18.0 Å². The molecule has 1 fully saturated rings. The zero-order valence-corrected chi connectivity index (χ0v) is 17.1. The first kappa shape index (κ1) is 21.9. The van der Waals surface area contributed by atoms with Crippen molar-refractivity contribution >= 4 is 29.9 Å². The Kier molecular flexibility index (Phi) is 7.61. The van der Waals surface area contributed by atoms with Gasteiger partial charge in [0.05, 0.1) is 5.92 Å². The van der Waals surface area contributed by atoms with Crippen molar-refractivity contribution in [3.63, 3.8) is 0 Å². The van der Waals surface area contributed by atoms with Gasteiger partial charge in [0, 0.05) is 25.3 Å². The first-order valence-corrected chi connectivity index (χ1v) is 9.44. The minimum atomic E-state index is -0.447. The van der Waals surface area contributed by atoms with Crippen LogP contribution in [-0.4, -0.2) is 36.3 Å². The number of carbonyl (C=O) groups excluding carboxylic acids is 2. The number of piperidine rings is 1. The molecular formula is C22H28ClN3O2. The van der Waals surface area contributed by atoms with Crippen LogP contribution in [0.2, 0.25) is 0 Å². The molecule has 5 nitrogen and oxygen atoms in total. The van der Waals surface area contributed by atoms with Crippen LogP contribution in [0.1, 0.15) is 31.4 Å². The monoisotopic (exact) mass is 401 g/mol. The van der Waals surface area contributed by atoms with E-state index in [2.05, 4.69) is 0 Å². The predicted molar refractivity (Wildman–Crippen MR) is 114 cm³/mol. The molecule has 28 heavy (non-hydrogen) atoms. The number of rotatable bonds is 5. The van der Waals surface area contributed by atoms with Crippen molar-refractivity contribution in [1.29, 1.82) is 0 Å². The van der Waals surface area contributed by atoms with Gasteiger partial charge < -0.3 is 15.5 Å². The van der Waals surface area contributed by atoms with Crippen LogP contribution < -0.4 is 10.6 Å². The van der Waals surface area contributed by atoms with Crippen LogP contribution in [0.25, 0.3) is 0 Å². The molecular weight excluding hydrogens is 374 g/mol. The summed E-state index contributed by atoms with van der Waals surface area (Å²) in [5, 5.41) is 0. The van der Waals surface area contributed by atoms with Crippen molar-refractivity contribution in [2.45, 2.75) is 31.8 Å². The minimum absolute atomic E-state index is 0. The Labute approximate surface area is 172 Å². The summed E-state index contributed by atoms with van der Waals surface area (Å²) in [4.78, 5) is 29.4. The van der Waals surface area contributed by atoms with Gasteiger partial charge in [-0.25, -0.2) is 0 Å². The number of amides is 2. The van der Waals surface area contributed by atoms with Crippen molar-refractivity contribution in [2.24, 2.45) is 11.7 Å². The number of para-hydroxylation sites is 1. The van der Waals surface area contributed by atoms with Gasteiger partial charge in [0.1, 0.15) is 6.04 Å². The maximum Gasteiger partial charge on any atom is 0.249 e. The third kappa shape index (κ3) is 4.54.